The van der Waals surface area contributed by atoms with Gasteiger partial charge in [0.2, 0.25) is 5.91 Å². The molecule has 2 atom stereocenters. The van der Waals surface area contributed by atoms with Crippen LogP contribution in [0.2, 0.25) is 0 Å². The van der Waals surface area contributed by atoms with E-state index < -0.39 is 4.92 Å². The summed E-state index contributed by atoms with van der Waals surface area (Å²) in [5.41, 5.74) is 1.10. The molecule has 0 aromatic heterocycles. The first-order valence-corrected chi connectivity index (χ1v) is 6.76. The third-order valence-electron chi connectivity index (χ3n) is 3.67. The van der Waals surface area contributed by atoms with Crippen molar-refractivity contribution < 1.29 is 9.72 Å². The normalized spacial score (nSPS) is 22.3. The molecule has 1 amide bonds. The molecular weight excluding hydrogens is 258 g/mol. The molecule has 2 N–H and O–H groups in total. The van der Waals surface area contributed by atoms with Crippen molar-refractivity contribution in [2.75, 3.05) is 11.9 Å². The summed E-state index contributed by atoms with van der Waals surface area (Å²) in [6.07, 6.45) is 1.59. The van der Waals surface area contributed by atoms with Crippen LogP contribution >= 0.6 is 0 Å². The molecule has 2 rings (SSSR count). The number of nitrogens with one attached hydrogen (secondary N) is 2. The van der Waals surface area contributed by atoms with Gasteiger partial charge >= 0.3 is 0 Å². The number of hydrogen-bond donors (Lipinski definition) is 2. The monoisotopic (exact) mass is 277 g/mol. The van der Waals surface area contributed by atoms with Gasteiger partial charge in [0.05, 0.1) is 4.92 Å². The molecule has 0 aliphatic carbocycles. The molecule has 20 heavy (non-hydrogen) atoms. The van der Waals surface area contributed by atoms with Crippen LogP contribution in [0.25, 0.3) is 0 Å². The number of carbonyl (C=O) groups is 1. The van der Waals surface area contributed by atoms with Gasteiger partial charge in [0.1, 0.15) is 0 Å². The van der Waals surface area contributed by atoms with E-state index in [2.05, 4.69) is 17.6 Å². The summed E-state index contributed by atoms with van der Waals surface area (Å²) in [7, 11) is 0. The standard InChI is InChI=1S/C14H19N3O3/c1-9-3-4-12(8-13(9)17(19)20)16-14(18)11-5-6-15-10(2)7-11/h3-4,8,10-11,15H,5-7H2,1-2H3,(H,16,18). The Morgan fingerprint density at radius 2 is 2.25 bits per heavy atom. The van der Waals surface area contributed by atoms with E-state index >= 15 is 0 Å². The highest BCUT2D eigenvalue weighted by Crippen LogP contribution is 2.24. The lowest BCUT2D eigenvalue weighted by Gasteiger charge is -2.27. The maximum atomic E-state index is 12.2. The Kier molecular flexibility index (Phi) is 4.34. The Hall–Kier alpha value is -1.95. The van der Waals surface area contributed by atoms with E-state index in [9.17, 15) is 14.9 Å². The van der Waals surface area contributed by atoms with Crippen LogP contribution < -0.4 is 10.6 Å². The van der Waals surface area contributed by atoms with E-state index in [0.717, 1.165) is 19.4 Å². The fraction of sp³-hybridized carbons (Fsp3) is 0.500. The van der Waals surface area contributed by atoms with Gasteiger partial charge in [0, 0.05) is 29.3 Å². The molecule has 1 aromatic rings. The van der Waals surface area contributed by atoms with Gasteiger partial charge < -0.3 is 10.6 Å². The summed E-state index contributed by atoms with van der Waals surface area (Å²) in [6, 6.07) is 5.09. The van der Waals surface area contributed by atoms with Gasteiger partial charge in [0.15, 0.2) is 0 Å². The molecule has 2 unspecified atom stereocenters. The Morgan fingerprint density at radius 3 is 2.90 bits per heavy atom. The van der Waals surface area contributed by atoms with Crippen molar-refractivity contribution in [1.29, 1.82) is 0 Å². The Morgan fingerprint density at radius 1 is 1.50 bits per heavy atom. The van der Waals surface area contributed by atoms with E-state index in [1.165, 1.54) is 6.07 Å². The minimum Gasteiger partial charge on any atom is -0.326 e. The predicted octanol–water partition coefficient (Wildman–Crippen LogP) is 2.23. The minimum atomic E-state index is -0.433. The topological polar surface area (TPSA) is 84.3 Å². The van der Waals surface area contributed by atoms with Crippen LogP contribution in [0.15, 0.2) is 18.2 Å². The summed E-state index contributed by atoms with van der Waals surface area (Å²) in [6.45, 7) is 4.56. The molecule has 0 spiro atoms. The third kappa shape index (κ3) is 3.33. The smallest absolute Gasteiger partial charge is 0.274 e. The number of nitro groups is 1. The highest BCUT2D eigenvalue weighted by atomic mass is 16.6. The number of carbonyl (C=O) groups excluding carboxylic acids is 1. The average molecular weight is 277 g/mol. The first-order chi connectivity index (χ1) is 9.47. The molecule has 6 heteroatoms. The molecule has 1 saturated heterocycles. The Labute approximate surface area is 117 Å². The van der Waals surface area contributed by atoms with Gasteiger partial charge in [-0.3, -0.25) is 14.9 Å². The molecule has 108 valence electrons. The molecule has 1 heterocycles. The van der Waals surface area contributed by atoms with Crippen molar-refractivity contribution in [2.24, 2.45) is 5.92 Å². The maximum absolute atomic E-state index is 12.2. The number of nitrogens with zero attached hydrogens (tertiary/aromatic N) is 1. The van der Waals surface area contributed by atoms with Gasteiger partial charge in [-0.2, -0.15) is 0 Å². The number of rotatable bonds is 3. The number of anilines is 1. The van der Waals surface area contributed by atoms with Crippen LogP contribution in [-0.4, -0.2) is 23.4 Å². The fourth-order valence-electron chi connectivity index (χ4n) is 2.50. The van der Waals surface area contributed by atoms with Crippen molar-refractivity contribution in [1.82, 2.24) is 5.32 Å². The SMILES string of the molecule is Cc1ccc(NC(=O)C2CCNC(C)C2)cc1[N+](=O)[O-]. The molecule has 1 fully saturated rings. The van der Waals surface area contributed by atoms with Gasteiger partial charge in [-0.1, -0.05) is 6.07 Å². The molecule has 6 nitrogen and oxygen atoms in total. The number of hydrogen-bond acceptors (Lipinski definition) is 4. The fourth-order valence-corrected chi connectivity index (χ4v) is 2.50. The van der Waals surface area contributed by atoms with Gasteiger partial charge in [-0.25, -0.2) is 0 Å². The summed E-state index contributed by atoms with van der Waals surface area (Å²) < 4.78 is 0. The summed E-state index contributed by atoms with van der Waals surface area (Å²) in [5, 5.41) is 17.0. The van der Waals surface area contributed by atoms with Crippen LogP contribution in [-0.2, 0) is 4.79 Å². The lowest BCUT2D eigenvalue weighted by Crippen LogP contribution is -2.40. The summed E-state index contributed by atoms with van der Waals surface area (Å²) in [4.78, 5) is 22.6. The number of benzene rings is 1. The van der Waals surface area contributed by atoms with Crippen LogP contribution in [0.1, 0.15) is 25.3 Å². The van der Waals surface area contributed by atoms with E-state index in [0.29, 0.717) is 17.3 Å². The Bertz CT molecular complexity index is 530. The lowest BCUT2D eigenvalue weighted by molar-refractivity contribution is -0.385. The van der Waals surface area contributed by atoms with E-state index in [4.69, 9.17) is 0 Å². The van der Waals surface area contributed by atoms with Gasteiger partial charge in [-0.05, 0) is 39.3 Å². The molecule has 0 radical (unpaired) electrons. The molecular formula is C14H19N3O3. The van der Waals surface area contributed by atoms with Crippen molar-refractivity contribution in [3.05, 3.63) is 33.9 Å². The summed E-state index contributed by atoms with van der Waals surface area (Å²) >= 11 is 0. The summed E-state index contributed by atoms with van der Waals surface area (Å²) in [5.74, 6) is -0.0943. The Balaban J connectivity index is 2.07. The van der Waals surface area contributed by atoms with E-state index in [-0.39, 0.29) is 17.5 Å². The van der Waals surface area contributed by atoms with Crippen LogP contribution in [0.3, 0.4) is 0 Å². The highest BCUT2D eigenvalue weighted by Gasteiger charge is 2.25. The predicted molar refractivity (Wildman–Crippen MR) is 76.7 cm³/mol. The zero-order chi connectivity index (χ0) is 14.7. The van der Waals surface area contributed by atoms with E-state index in [1.807, 2.05) is 0 Å². The van der Waals surface area contributed by atoms with E-state index in [1.54, 1.807) is 19.1 Å². The first-order valence-electron chi connectivity index (χ1n) is 6.76. The number of amides is 1. The first kappa shape index (κ1) is 14.5. The maximum Gasteiger partial charge on any atom is 0.274 e. The molecule has 0 saturated carbocycles. The number of aryl methyl sites for hydroxylation is 1. The van der Waals surface area contributed by atoms with Crippen LogP contribution in [0, 0.1) is 23.0 Å². The third-order valence-corrected chi connectivity index (χ3v) is 3.67. The molecule has 1 aliphatic heterocycles. The van der Waals surface area contributed by atoms with Crippen LogP contribution in [0.5, 0.6) is 0 Å². The van der Waals surface area contributed by atoms with Crippen molar-refractivity contribution >= 4 is 17.3 Å². The molecule has 1 aromatic carbocycles. The average Bonchev–Trinajstić information content (AvgIpc) is 2.40. The number of piperidine rings is 1. The van der Waals surface area contributed by atoms with Gasteiger partial charge in [0.25, 0.3) is 5.69 Å². The zero-order valence-corrected chi connectivity index (χ0v) is 11.7. The zero-order valence-electron chi connectivity index (χ0n) is 11.7. The largest absolute Gasteiger partial charge is 0.326 e. The second-order valence-electron chi connectivity index (χ2n) is 5.32. The second kappa shape index (κ2) is 6.00. The van der Waals surface area contributed by atoms with Crippen molar-refractivity contribution in [3.63, 3.8) is 0 Å². The van der Waals surface area contributed by atoms with Crippen LogP contribution in [0.4, 0.5) is 11.4 Å². The molecule has 0 bridgehead atoms. The van der Waals surface area contributed by atoms with Crippen molar-refractivity contribution in [2.45, 2.75) is 32.7 Å². The van der Waals surface area contributed by atoms with Crippen molar-refractivity contribution in [3.8, 4) is 0 Å². The quantitative estimate of drug-likeness (QED) is 0.655. The lowest BCUT2D eigenvalue weighted by atomic mass is 9.92. The highest BCUT2D eigenvalue weighted by molar-refractivity contribution is 5.93. The molecule has 1 aliphatic rings. The number of nitro benzene ring substituents is 1. The second-order valence-corrected chi connectivity index (χ2v) is 5.32. The van der Waals surface area contributed by atoms with Gasteiger partial charge in [-0.15, -0.1) is 0 Å². The minimum absolute atomic E-state index is 0.0291.